The van der Waals surface area contributed by atoms with E-state index in [0.717, 1.165) is 23.3 Å². The molecule has 1 atom stereocenters. The van der Waals surface area contributed by atoms with Gasteiger partial charge in [-0.3, -0.25) is 0 Å². The number of piperidine rings is 1. The Balaban J connectivity index is 1.63. The Morgan fingerprint density at radius 3 is 2.14 bits per heavy atom. The molecule has 35 heavy (non-hydrogen) atoms. The van der Waals surface area contributed by atoms with Crippen LogP contribution < -0.4 is 4.74 Å². The minimum atomic E-state index is -0.735. The smallest absolute Gasteiger partial charge is 0.409 e. The van der Waals surface area contributed by atoms with E-state index in [-0.39, 0.29) is 24.0 Å². The summed E-state index contributed by atoms with van der Waals surface area (Å²) in [5.41, 5.74) is 3.14. The van der Waals surface area contributed by atoms with Crippen molar-refractivity contribution >= 4 is 17.6 Å². The number of aliphatic hydroxyl groups is 1. The first kappa shape index (κ1) is 25.2. The Kier molecular flexibility index (Phi) is 8.42. The van der Waals surface area contributed by atoms with E-state index >= 15 is 0 Å². The SMILES string of the molecule is COC(=O)N1CCC(c2snc(OC(C)C)c2C(O)CC(c2ccccc2)c2ccccc2)CC1. The number of methoxy groups -OCH3 is 1. The monoisotopic (exact) mass is 494 g/mol. The van der Waals surface area contributed by atoms with Gasteiger partial charge in [-0.05, 0) is 61.7 Å². The average Bonchev–Trinajstić information content (AvgIpc) is 3.30. The van der Waals surface area contributed by atoms with Crippen LogP contribution in [0.1, 0.15) is 72.6 Å². The maximum absolute atomic E-state index is 11.9. The molecule has 1 fully saturated rings. The molecule has 1 amide bonds. The Bertz CT molecular complexity index is 1040. The normalized spacial score (nSPS) is 15.4. The molecule has 1 N–H and O–H groups in total. The van der Waals surface area contributed by atoms with Crippen LogP contribution in [0.5, 0.6) is 5.88 Å². The van der Waals surface area contributed by atoms with Crippen LogP contribution in [0, 0.1) is 0 Å². The Hall–Kier alpha value is -2.90. The fourth-order valence-corrected chi connectivity index (χ4v) is 5.86. The number of likely N-dealkylation sites (tertiary alicyclic amines) is 1. The van der Waals surface area contributed by atoms with Crippen molar-refractivity contribution in [3.05, 3.63) is 82.2 Å². The van der Waals surface area contributed by atoms with E-state index in [1.54, 1.807) is 4.90 Å². The van der Waals surface area contributed by atoms with Crippen molar-refractivity contribution in [3.63, 3.8) is 0 Å². The fourth-order valence-electron chi connectivity index (χ4n) is 4.83. The predicted molar refractivity (Wildman–Crippen MR) is 138 cm³/mol. The van der Waals surface area contributed by atoms with Crippen LogP contribution in [0.2, 0.25) is 0 Å². The van der Waals surface area contributed by atoms with Gasteiger partial charge in [-0.25, -0.2) is 4.79 Å². The molecule has 0 aliphatic carbocycles. The largest absolute Gasteiger partial charge is 0.474 e. The van der Waals surface area contributed by atoms with Crippen LogP contribution in [0.15, 0.2) is 60.7 Å². The minimum Gasteiger partial charge on any atom is -0.474 e. The summed E-state index contributed by atoms with van der Waals surface area (Å²) in [7, 11) is 1.41. The van der Waals surface area contributed by atoms with E-state index in [1.807, 2.05) is 50.2 Å². The highest BCUT2D eigenvalue weighted by Gasteiger charge is 2.33. The zero-order valence-electron chi connectivity index (χ0n) is 20.6. The second kappa shape index (κ2) is 11.7. The molecule has 0 bridgehead atoms. The van der Waals surface area contributed by atoms with Gasteiger partial charge in [0.2, 0.25) is 5.88 Å². The third kappa shape index (κ3) is 6.03. The van der Waals surface area contributed by atoms with Crippen LogP contribution in [0.3, 0.4) is 0 Å². The molecular formula is C28H34N2O4S. The van der Waals surface area contributed by atoms with Crippen molar-refractivity contribution in [2.24, 2.45) is 0 Å². The second-order valence-corrected chi connectivity index (χ2v) is 10.1. The highest BCUT2D eigenvalue weighted by atomic mass is 32.1. The van der Waals surface area contributed by atoms with Gasteiger partial charge in [0.1, 0.15) is 0 Å². The highest BCUT2D eigenvalue weighted by molar-refractivity contribution is 7.06. The fraction of sp³-hybridized carbons (Fsp3) is 0.429. The quantitative estimate of drug-likeness (QED) is 0.408. The number of ether oxygens (including phenoxy) is 2. The number of carbonyl (C=O) groups excluding carboxylic acids is 1. The highest BCUT2D eigenvalue weighted by Crippen LogP contribution is 2.44. The number of carbonyl (C=O) groups is 1. The maximum atomic E-state index is 11.9. The molecule has 1 saturated heterocycles. The van der Waals surface area contributed by atoms with E-state index < -0.39 is 6.10 Å². The Morgan fingerprint density at radius 1 is 1.06 bits per heavy atom. The van der Waals surface area contributed by atoms with E-state index in [2.05, 4.69) is 28.6 Å². The molecule has 6 nitrogen and oxygen atoms in total. The molecule has 0 saturated carbocycles. The summed E-state index contributed by atoms with van der Waals surface area (Å²) in [6, 6.07) is 20.6. The Morgan fingerprint density at radius 2 is 1.63 bits per heavy atom. The van der Waals surface area contributed by atoms with Crippen molar-refractivity contribution in [1.82, 2.24) is 9.27 Å². The number of hydrogen-bond donors (Lipinski definition) is 1. The summed E-state index contributed by atoms with van der Waals surface area (Å²) in [5, 5.41) is 11.7. The average molecular weight is 495 g/mol. The third-order valence-electron chi connectivity index (χ3n) is 6.56. The number of amides is 1. The van der Waals surface area contributed by atoms with Gasteiger partial charge >= 0.3 is 6.09 Å². The first-order chi connectivity index (χ1) is 17.0. The van der Waals surface area contributed by atoms with Crippen molar-refractivity contribution in [3.8, 4) is 5.88 Å². The van der Waals surface area contributed by atoms with Gasteiger partial charge in [-0.15, -0.1) is 0 Å². The standard InChI is InChI=1S/C28H34N2O4S/c1-19(2)34-27-25(26(35-29-27)22-14-16-30(17-15-22)28(32)33-3)24(31)18-23(20-10-6-4-7-11-20)21-12-8-5-9-13-21/h4-13,19,22-24,31H,14-18H2,1-3H3. The third-order valence-corrected chi connectivity index (χ3v) is 7.57. The lowest BCUT2D eigenvalue weighted by atomic mass is 9.84. The number of aromatic nitrogens is 1. The molecule has 0 radical (unpaired) electrons. The van der Waals surface area contributed by atoms with Gasteiger partial charge in [-0.1, -0.05) is 60.7 Å². The first-order valence-electron chi connectivity index (χ1n) is 12.2. The number of nitrogens with zero attached hydrogens (tertiary/aromatic N) is 2. The lowest BCUT2D eigenvalue weighted by molar-refractivity contribution is 0.111. The van der Waals surface area contributed by atoms with Crippen molar-refractivity contribution in [1.29, 1.82) is 0 Å². The second-order valence-electron chi connectivity index (χ2n) is 9.29. The van der Waals surface area contributed by atoms with Gasteiger partial charge in [0.15, 0.2) is 0 Å². The number of benzene rings is 2. The molecule has 7 heteroatoms. The number of rotatable bonds is 8. The maximum Gasteiger partial charge on any atom is 0.409 e. The van der Waals surface area contributed by atoms with Crippen molar-refractivity contribution in [2.75, 3.05) is 20.2 Å². The summed E-state index contributed by atoms with van der Waals surface area (Å²) in [6.45, 7) is 5.20. The van der Waals surface area contributed by atoms with Gasteiger partial charge in [0, 0.05) is 23.9 Å². The topological polar surface area (TPSA) is 71.9 Å². The summed E-state index contributed by atoms with van der Waals surface area (Å²) >= 11 is 1.42. The van der Waals surface area contributed by atoms with Crippen LogP contribution >= 0.6 is 11.5 Å². The number of hydrogen-bond acceptors (Lipinski definition) is 6. The first-order valence-corrected chi connectivity index (χ1v) is 13.0. The van der Waals surface area contributed by atoms with Gasteiger partial charge in [0.25, 0.3) is 0 Å². The molecule has 1 aromatic heterocycles. The zero-order chi connectivity index (χ0) is 24.8. The van der Waals surface area contributed by atoms with Gasteiger partial charge in [-0.2, -0.15) is 4.37 Å². The zero-order valence-corrected chi connectivity index (χ0v) is 21.4. The summed E-state index contributed by atoms with van der Waals surface area (Å²) in [4.78, 5) is 14.7. The molecule has 186 valence electrons. The van der Waals surface area contributed by atoms with E-state index in [0.29, 0.717) is 25.4 Å². The van der Waals surface area contributed by atoms with Gasteiger partial charge < -0.3 is 19.5 Å². The van der Waals surface area contributed by atoms with E-state index in [4.69, 9.17) is 9.47 Å². The summed E-state index contributed by atoms with van der Waals surface area (Å²) in [6.07, 6.45) is 1.07. The van der Waals surface area contributed by atoms with Crippen LogP contribution in [0.4, 0.5) is 4.79 Å². The molecule has 1 aliphatic rings. The molecule has 0 spiro atoms. The molecule has 2 aromatic carbocycles. The van der Waals surface area contributed by atoms with E-state index in [9.17, 15) is 9.90 Å². The van der Waals surface area contributed by atoms with Crippen LogP contribution in [0.25, 0.3) is 0 Å². The van der Waals surface area contributed by atoms with Crippen molar-refractivity contribution < 1.29 is 19.4 Å². The van der Waals surface area contributed by atoms with Crippen LogP contribution in [-0.4, -0.2) is 46.8 Å². The molecule has 4 rings (SSSR count). The summed E-state index contributed by atoms with van der Waals surface area (Å²) in [5.74, 6) is 0.783. The number of aliphatic hydroxyl groups excluding tert-OH is 1. The lowest BCUT2D eigenvalue weighted by Crippen LogP contribution is -2.37. The van der Waals surface area contributed by atoms with Crippen LogP contribution in [-0.2, 0) is 4.74 Å². The Labute approximate surface area is 211 Å². The molecule has 1 unspecified atom stereocenters. The molecular weight excluding hydrogens is 460 g/mol. The summed E-state index contributed by atoms with van der Waals surface area (Å²) < 4.78 is 15.6. The molecule has 3 aromatic rings. The minimum absolute atomic E-state index is 0.0354. The molecule has 2 heterocycles. The van der Waals surface area contributed by atoms with Crippen molar-refractivity contribution in [2.45, 2.75) is 57.2 Å². The molecule has 1 aliphatic heterocycles. The van der Waals surface area contributed by atoms with E-state index in [1.165, 1.54) is 29.8 Å². The predicted octanol–water partition coefficient (Wildman–Crippen LogP) is 6.13. The van der Waals surface area contributed by atoms with Gasteiger partial charge in [0.05, 0.1) is 24.9 Å². The lowest BCUT2D eigenvalue weighted by Gasteiger charge is -2.31.